The molecule has 14 nitrogen and oxygen atoms in total. The monoisotopic (exact) mass is 603 g/mol. The smallest absolute Gasteiger partial charge is 0.340 e. The van der Waals surface area contributed by atoms with Crippen LogP contribution in [0.1, 0.15) is 42.7 Å². The van der Waals surface area contributed by atoms with Gasteiger partial charge in [-0.1, -0.05) is 30.3 Å². The Morgan fingerprint density at radius 2 is 1.85 bits per heavy atom. The van der Waals surface area contributed by atoms with Gasteiger partial charge in [0, 0.05) is 6.54 Å². The Hall–Kier alpha value is -1.96. The third-order valence-corrected chi connectivity index (χ3v) is 10.4. The highest BCUT2D eigenvalue weighted by Gasteiger charge is 2.46. The van der Waals surface area contributed by atoms with Crippen LogP contribution in [0.4, 0.5) is 5.82 Å². The fraction of sp³-hybridized carbons (Fsp3) is 0.500. The first-order chi connectivity index (χ1) is 18.4. The molecule has 0 saturated carbocycles. The zero-order valence-electron chi connectivity index (χ0n) is 20.5. The van der Waals surface area contributed by atoms with Crippen LogP contribution in [0, 0.1) is 0 Å². The lowest BCUT2D eigenvalue weighted by Crippen LogP contribution is -2.34. The third-order valence-electron chi connectivity index (χ3n) is 6.76. The average Bonchev–Trinajstić information content (AvgIpc) is 3.42. The van der Waals surface area contributed by atoms with Gasteiger partial charge in [-0.3, -0.25) is 9.13 Å². The van der Waals surface area contributed by atoms with Crippen molar-refractivity contribution in [2.45, 2.75) is 49.7 Å². The van der Waals surface area contributed by atoms with Crippen molar-refractivity contribution in [1.29, 1.82) is 0 Å². The lowest BCUT2D eigenvalue weighted by Gasteiger charge is -2.37. The number of hydrogen-bond donors (Lipinski definition) is 5. The number of rotatable bonds is 8. The van der Waals surface area contributed by atoms with E-state index in [1.807, 2.05) is 18.2 Å². The van der Waals surface area contributed by atoms with E-state index in [1.165, 1.54) is 10.7 Å². The third kappa shape index (κ3) is 6.20. The molecule has 0 spiro atoms. The fourth-order valence-electron chi connectivity index (χ4n) is 5.05. The zero-order valence-corrected chi connectivity index (χ0v) is 23.0. The van der Waals surface area contributed by atoms with Gasteiger partial charge in [0.1, 0.15) is 24.4 Å². The van der Waals surface area contributed by atoms with Crippen molar-refractivity contribution < 1.29 is 43.3 Å². The molecule has 2 fully saturated rings. The highest BCUT2D eigenvalue weighted by molar-refractivity contribution is 7.70. The highest BCUT2D eigenvalue weighted by Crippen LogP contribution is 2.55. The zero-order chi connectivity index (χ0) is 27.9. The summed E-state index contributed by atoms with van der Waals surface area (Å²) in [5.41, 5.74) is 1.74. The molecule has 4 heterocycles. The number of aliphatic hydroxyl groups is 2. The SMILES string of the molecule is O=P(O)(O)CP(=O)(O)OC[C@H]1O[C@@H](c2cnc3c(N4CCCC[C@H]4c4ccccc4)nc(Cl)nn23)[C@H](O)[C@@H]1O. The van der Waals surface area contributed by atoms with E-state index in [4.69, 9.17) is 30.6 Å². The van der Waals surface area contributed by atoms with Crippen LogP contribution in [0.2, 0.25) is 5.28 Å². The van der Waals surface area contributed by atoms with Crippen LogP contribution < -0.4 is 4.90 Å². The van der Waals surface area contributed by atoms with Crippen LogP contribution in [-0.2, 0) is 18.4 Å². The van der Waals surface area contributed by atoms with Crippen LogP contribution in [-0.4, -0.2) is 81.8 Å². The summed E-state index contributed by atoms with van der Waals surface area (Å²) in [4.78, 5) is 38.7. The number of imidazole rings is 1. The van der Waals surface area contributed by atoms with Gasteiger partial charge in [0.25, 0.3) is 0 Å². The van der Waals surface area contributed by atoms with E-state index >= 15 is 0 Å². The number of aliphatic hydroxyl groups excluding tert-OH is 2. The lowest BCUT2D eigenvalue weighted by molar-refractivity contribution is -0.0204. The van der Waals surface area contributed by atoms with Gasteiger partial charge in [0.15, 0.2) is 17.4 Å². The number of benzene rings is 1. The number of anilines is 1. The molecule has 39 heavy (non-hydrogen) atoms. The van der Waals surface area contributed by atoms with Gasteiger partial charge in [-0.2, -0.15) is 4.98 Å². The Morgan fingerprint density at radius 3 is 2.56 bits per heavy atom. The van der Waals surface area contributed by atoms with E-state index in [1.54, 1.807) is 0 Å². The normalized spacial score (nSPS) is 27.6. The maximum absolute atomic E-state index is 12.0. The highest BCUT2D eigenvalue weighted by atomic mass is 35.5. The summed E-state index contributed by atoms with van der Waals surface area (Å²) in [5.74, 6) is -0.887. The van der Waals surface area contributed by atoms with Crippen molar-refractivity contribution in [3.05, 3.63) is 53.1 Å². The quantitative estimate of drug-likeness (QED) is 0.234. The van der Waals surface area contributed by atoms with Crippen molar-refractivity contribution in [2.24, 2.45) is 0 Å². The second-order valence-electron chi connectivity index (χ2n) is 9.55. The summed E-state index contributed by atoms with van der Waals surface area (Å²) < 4.78 is 35.0. The molecular formula is C22H28ClN5O9P2. The van der Waals surface area contributed by atoms with Crippen molar-refractivity contribution in [3.8, 4) is 0 Å². The van der Waals surface area contributed by atoms with Gasteiger partial charge >= 0.3 is 15.2 Å². The molecule has 2 aliphatic rings. The lowest BCUT2D eigenvalue weighted by atomic mass is 9.95. The van der Waals surface area contributed by atoms with E-state index in [9.17, 15) is 24.2 Å². The molecule has 5 rings (SSSR count). The van der Waals surface area contributed by atoms with E-state index in [2.05, 4.69) is 32.1 Å². The molecule has 0 aliphatic carbocycles. The van der Waals surface area contributed by atoms with E-state index < -0.39 is 52.1 Å². The summed E-state index contributed by atoms with van der Waals surface area (Å²) in [6.45, 7) is 0.00797. The molecular weight excluding hydrogens is 576 g/mol. The standard InChI is InChI=1S/C22H28ClN5O9P2/c23-22-25-21(27-9-5-4-8-14(27)13-6-2-1-3-7-13)20-24-10-15(28(20)26-22)19-18(30)17(29)16(37-19)11-36-39(34,35)12-38(31,32)33/h1-3,6-7,10,14,16-19,29-30H,4-5,8-9,11-12H2,(H,34,35)(H2,31,32,33)/t14-,16+,17+,18+,19-/m0/s1. The van der Waals surface area contributed by atoms with Gasteiger partial charge in [-0.15, -0.1) is 5.10 Å². The Morgan fingerprint density at radius 1 is 1.10 bits per heavy atom. The number of halogens is 1. The van der Waals surface area contributed by atoms with Crippen molar-refractivity contribution in [2.75, 3.05) is 24.0 Å². The summed E-state index contributed by atoms with van der Waals surface area (Å²) >= 11 is 6.33. The first kappa shape index (κ1) is 28.6. The van der Waals surface area contributed by atoms with Crippen molar-refractivity contribution in [3.63, 3.8) is 0 Å². The molecule has 1 aromatic carbocycles. The van der Waals surface area contributed by atoms with Gasteiger partial charge in [-0.05, 0) is 36.4 Å². The van der Waals surface area contributed by atoms with Crippen LogP contribution in [0.5, 0.6) is 0 Å². The fourth-order valence-corrected chi connectivity index (χ4v) is 7.77. The number of nitrogens with zero attached hydrogens (tertiary/aromatic N) is 5. The topological polar surface area (TPSA) is 200 Å². The Kier molecular flexibility index (Phi) is 8.16. The number of aromatic nitrogens is 4. The molecule has 0 amide bonds. The van der Waals surface area contributed by atoms with Gasteiger partial charge < -0.3 is 39.1 Å². The molecule has 3 aromatic rings. The predicted octanol–water partition coefficient (Wildman–Crippen LogP) is 2.01. The van der Waals surface area contributed by atoms with Crippen LogP contribution in [0.3, 0.4) is 0 Å². The molecule has 2 aliphatic heterocycles. The minimum absolute atomic E-state index is 0.0360. The molecule has 17 heteroatoms. The predicted molar refractivity (Wildman–Crippen MR) is 138 cm³/mol. The molecule has 2 aromatic heterocycles. The van der Waals surface area contributed by atoms with E-state index in [0.717, 1.165) is 24.8 Å². The Bertz CT molecular complexity index is 1420. The number of fused-ring (bicyclic) bond motifs is 1. The first-order valence-electron chi connectivity index (χ1n) is 12.2. The Balaban J connectivity index is 1.42. The second-order valence-corrected chi connectivity index (χ2v) is 13.9. The minimum Gasteiger partial charge on any atom is -0.387 e. The van der Waals surface area contributed by atoms with E-state index in [-0.39, 0.29) is 17.0 Å². The first-order valence-corrected chi connectivity index (χ1v) is 16.1. The largest absolute Gasteiger partial charge is 0.387 e. The van der Waals surface area contributed by atoms with Crippen molar-refractivity contribution in [1.82, 2.24) is 19.6 Å². The molecule has 212 valence electrons. The summed E-state index contributed by atoms with van der Waals surface area (Å²) in [5, 5.41) is 25.4. The van der Waals surface area contributed by atoms with Gasteiger partial charge in [0.05, 0.1) is 24.5 Å². The van der Waals surface area contributed by atoms with Gasteiger partial charge in [-0.25, -0.2) is 9.50 Å². The van der Waals surface area contributed by atoms with Crippen LogP contribution in [0.15, 0.2) is 36.5 Å². The minimum atomic E-state index is -4.83. The molecule has 0 radical (unpaired) electrons. The summed E-state index contributed by atoms with van der Waals surface area (Å²) in [6, 6.07) is 10.0. The van der Waals surface area contributed by atoms with Crippen LogP contribution in [0.25, 0.3) is 5.65 Å². The molecule has 1 unspecified atom stereocenters. The Labute approximate surface area is 227 Å². The van der Waals surface area contributed by atoms with Gasteiger partial charge in [0.2, 0.25) is 5.28 Å². The maximum Gasteiger partial charge on any atom is 0.340 e. The second kappa shape index (κ2) is 11.1. The molecule has 0 bridgehead atoms. The number of hydrogen-bond acceptors (Lipinski definition) is 10. The summed E-state index contributed by atoms with van der Waals surface area (Å²) in [6.07, 6.45) is -1.19. The molecule has 2 saturated heterocycles. The van der Waals surface area contributed by atoms with Crippen molar-refractivity contribution >= 4 is 38.3 Å². The molecule has 6 atom stereocenters. The van der Waals surface area contributed by atoms with Crippen LogP contribution >= 0.6 is 26.8 Å². The average molecular weight is 604 g/mol. The van der Waals surface area contributed by atoms with E-state index in [0.29, 0.717) is 18.0 Å². The maximum atomic E-state index is 12.0. The number of piperidine rings is 1. The molecule has 5 N–H and O–H groups in total. The summed E-state index contributed by atoms with van der Waals surface area (Å²) in [7, 11) is -9.52. The number of ether oxygens (including phenoxy) is 1.